The second kappa shape index (κ2) is 6.48. The van der Waals surface area contributed by atoms with E-state index in [1.54, 1.807) is 18.3 Å². The monoisotopic (exact) mass is 346 g/mol. The highest BCUT2D eigenvalue weighted by Crippen LogP contribution is 2.32. The maximum absolute atomic E-state index is 14.2. The van der Waals surface area contributed by atoms with Crippen LogP contribution in [0.25, 0.3) is 5.69 Å². The van der Waals surface area contributed by atoms with E-state index >= 15 is 0 Å². The molecule has 1 aromatic heterocycles. The fourth-order valence-corrected chi connectivity index (χ4v) is 2.75. The molecule has 2 amide bonds. The summed E-state index contributed by atoms with van der Waals surface area (Å²) in [6, 6.07) is 5.99. The topological polar surface area (TPSA) is 79.2 Å². The van der Waals surface area contributed by atoms with Gasteiger partial charge in [-0.05, 0) is 51.7 Å². The molecule has 0 radical (unpaired) electrons. The van der Waals surface area contributed by atoms with Crippen molar-refractivity contribution in [3.8, 4) is 5.69 Å². The van der Waals surface area contributed by atoms with E-state index in [1.807, 2.05) is 6.92 Å². The summed E-state index contributed by atoms with van der Waals surface area (Å²) in [6.45, 7) is 5.05. The number of benzene rings is 1. The number of carbonyl (C=O) groups is 1. The first-order valence-electron chi connectivity index (χ1n) is 8.40. The van der Waals surface area contributed by atoms with Gasteiger partial charge in [-0.15, -0.1) is 5.10 Å². The molecule has 1 aliphatic carbocycles. The van der Waals surface area contributed by atoms with Crippen LogP contribution >= 0.6 is 0 Å². The Labute approximate surface area is 146 Å². The van der Waals surface area contributed by atoms with Crippen molar-refractivity contribution in [2.24, 2.45) is 5.92 Å². The Kier molecular flexibility index (Phi) is 4.51. The van der Waals surface area contributed by atoms with Gasteiger partial charge in [0.2, 0.25) is 0 Å². The normalized spacial score (nSPS) is 15.7. The summed E-state index contributed by atoms with van der Waals surface area (Å²) in [5.41, 5.74) is -0.531. The third-order valence-electron chi connectivity index (χ3n) is 4.39. The number of rotatable bonds is 5. The number of carbonyl (C=O) groups excluding carboxylic acids is 1. The van der Waals surface area contributed by atoms with Gasteiger partial charge in [0, 0.05) is 23.9 Å². The molecule has 1 aliphatic rings. The number of hydrogen-bond donors (Lipinski definition) is 3. The van der Waals surface area contributed by atoms with Crippen molar-refractivity contribution in [2.75, 3.05) is 5.32 Å². The van der Waals surface area contributed by atoms with Gasteiger partial charge in [0.05, 0.1) is 11.3 Å². The molecule has 0 bridgehead atoms. The van der Waals surface area contributed by atoms with Gasteiger partial charge in [0.15, 0.2) is 5.82 Å². The van der Waals surface area contributed by atoms with E-state index in [0.29, 0.717) is 17.4 Å². The molecule has 1 atom stereocenters. The van der Waals surface area contributed by atoms with Crippen LogP contribution in [0.2, 0.25) is 0 Å². The molecule has 1 aromatic carbocycles. The van der Waals surface area contributed by atoms with Crippen LogP contribution in [0.4, 0.5) is 15.0 Å². The minimum atomic E-state index is -1.25. The number of anilines is 1. The molecule has 3 N–H and O–H groups in total. The molecule has 0 spiro atoms. The summed E-state index contributed by atoms with van der Waals surface area (Å²) < 4.78 is 15.7. The minimum Gasteiger partial charge on any atom is -0.386 e. The smallest absolute Gasteiger partial charge is 0.320 e. The van der Waals surface area contributed by atoms with Crippen molar-refractivity contribution in [3.63, 3.8) is 0 Å². The van der Waals surface area contributed by atoms with Gasteiger partial charge in [0.1, 0.15) is 5.82 Å². The Bertz CT molecular complexity index is 778. The number of hydrogen-bond acceptors (Lipinski definition) is 3. The van der Waals surface area contributed by atoms with Gasteiger partial charge in [-0.1, -0.05) is 6.07 Å². The van der Waals surface area contributed by atoms with Gasteiger partial charge in [-0.3, -0.25) is 5.32 Å². The van der Waals surface area contributed by atoms with E-state index in [1.165, 1.54) is 30.7 Å². The maximum atomic E-state index is 14.2. The van der Waals surface area contributed by atoms with Crippen LogP contribution in [0.5, 0.6) is 0 Å². The molecular weight excluding hydrogens is 323 g/mol. The van der Waals surface area contributed by atoms with E-state index in [4.69, 9.17) is 0 Å². The molecule has 134 valence electrons. The number of urea groups is 1. The van der Waals surface area contributed by atoms with Crippen molar-refractivity contribution in [1.82, 2.24) is 15.1 Å². The fraction of sp³-hybridized carbons (Fsp3) is 0.444. The molecule has 0 saturated heterocycles. The highest BCUT2D eigenvalue weighted by molar-refractivity contribution is 5.88. The number of amides is 2. The van der Waals surface area contributed by atoms with Crippen LogP contribution in [-0.2, 0) is 5.60 Å². The zero-order chi connectivity index (χ0) is 18.2. The Morgan fingerprint density at radius 2 is 2.12 bits per heavy atom. The summed E-state index contributed by atoms with van der Waals surface area (Å²) in [6.07, 6.45) is 3.95. The Hall–Kier alpha value is -2.41. The summed E-state index contributed by atoms with van der Waals surface area (Å²) in [7, 11) is 0. The highest BCUT2D eigenvalue weighted by Gasteiger charge is 2.29. The highest BCUT2D eigenvalue weighted by atomic mass is 19.1. The predicted octanol–water partition coefficient (Wildman–Crippen LogP) is 3.16. The third kappa shape index (κ3) is 4.17. The molecule has 1 saturated carbocycles. The van der Waals surface area contributed by atoms with Gasteiger partial charge in [0.25, 0.3) is 0 Å². The molecule has 1 fully saturated rings. The summed E-state index contributed by atoms with van der Waals surface area (Å²) >= 11 is 0. The van der Waals surface area contributed by atoms with Crippen molar-refractivity contribution >= 4 is 11.8 Å². The van der Waals surface area contributed by atoms with Crippen LogP contribution in [0.1, 0.15) is 39.2 Å². The van der Waals surface area contributed by atoms with Crippen molar-refractivity contribution < 1.29 is 14.3 Å². The molecular formula is C18H23FN4O2. The van der Waals surface area contributed by atoms with Crippen molar-refractivity contribution in [3.05, 3.63) is 41.8 Å². The first-order valence-corrected chi connectivity index (χ1v) is 8.40. The Balaban J connectivity index is 1.68. The molecule has 25 heavy (non-hydrogen) atoms. The molecule has 7 heteroatoms. The SMILES string of the molecule is C[C@H](NC(=O)Nc1ccn(-c2ccc(C(C)(C)O)c(F)c2)n1)C1CC1. The second-order valence-corrected chi connectivity index (χ2v) is 7.09. The third-order valence-corrected chi connectivity index (χ3v) is 4.39. The van der Waals surface area contributed by atoms with E-state index < -0.39 is 11.4 Å². The minimum absolute atomic E-state index is 0.144. The lowest BCUT2D eigenvalue weighted by atomic mass is 9.97. The van der Waals surface area contributed by atoms with Crippen molar-refractivity contribution in [1.29, 1.82) is 0 Å². The van der Waals surface area contributed by atoms with E-state index in [-0.39, 0.29) is 17.6 Å². The van der Waals surface area contributed by atoms with Gasteiger partial charge in [-0.2, -0.15) is 0 Å². The standard InChI is InChI=1S/C18H23FN4O2/c1-11(12-4-5-12)20-17(24)21-16-8-9-23(22-16)13-6-7-14(15(19)10-13)18(2,3)25/h6-12,25H,4-5H2,1-3H3,(H2,20,21,22,24)/t11-/m0/s1. The second-order valence-electron chi connectivity index (χ2n) is 7.09. The van der Waals surface area contributed by atoms with Crippen LogP contribution in [0, 0.1) is 11.7 Å². The molecule has 0 unspecified atom stereocenters. The summed E-state index contributed by atoms with van der Waals surface area (Å²) in [5.74, 6) is 0.444. The average molecular weight is 346 g/mol. The van der Waals surface area contributed by atoms with Crippen LogP contribution in [-0.4, -0.2) is 27.0 Å². The fourth-order valence-electron chi connectivity index (χ4n) is 2.75. The first-order chi connectivity index (χ1) is 11.7. The lowest BCUT2D eigenvalue weighted by molar-refractivity contribution is 0.0745. The summed E-state index contributed by atoms with van der Waals surface area (Å²) in [4.78, 5) is 12.0. The number of aromatic nitrogens is 2. The molecule has 2 aromatic rings. The lowest BCUT2D eigenvalue weighted by Gasteiger charge is -2.18. The number of aliphatic hydroxyl groups is 1. The Morgan fingerprint density at radius 3 is 2.72 bits per heavy atom. The Morgan fingerprint density at radius 1 is 1.40 bits per heavy atom. The van der Waals surface area contributed by atoms with Gasteiger partial charge >= 0.3 is 6.03 Å². The van der Waals surface area contributed by atoms with Crippen LogP contribution in [0.15, 0.2) is 30.5 Å². The predicted molar refractivity (Wildman–Crippen MR) is 93.1 cm³/mol. The molecule has 3 rings (SSSR count). The zero-order valence-corrected chi connectivity index (χ0v) is 14.6. The first kappa shape index (κ1) is 17.4. The quantitative estimate of drug-likeness (QED) is 0.778. The van der Waals surface area contributed by atoms with Gasteiger partial charge < -0.3 is 10.4 Å². The molecule has 6 nitrogen and oxygen atoms in total. The summed E-state index contributed by atoms with van der Waals surface area (Å²) in [5, 5.41) is 19.7. The average Bonchev–Trinajstić information content (AvgIpc) is 3.26. The van der Waals surface area contributed by atoms with E-state index in [2.05, 4.69) is 15.7 Å². The van der Waals surface area contributed by atoms with E-state index in [9.17, 15) is 14.3 Å². The number of halogens is 1. The number of nitrogens with one attached hydrogen (secondary N) is 2. The largest absolute Gasteiger partial charge is 0.386 e. The zero-order valence-electron chi connectivity index (χ0n) is 14.6. The van der Waals surface area contributed by atoms with Crippen LogP contribution in [0.3, 0.4) is 0 Å². The van der Waals surface area contributed by atoms with E-state index in [0.717, 1.165) is 12.8 Å². The van der Waals surface area contributed by atoms with Gasteiger partial charge in [-0.25, -0.2) is 13.9 Å². The maximum Gasteiger partial charge on any atom is 0.320 e. The lowest BCUT2D eigenvalue weighted by Crippen LogP contribution is -2.37. The molecule has 1 heterocycles. The molecule has 0 aliphatic heterocycles. The van der Waals surface area contributed by atoms with Crippen molar-refractivity contribution in [2.45, 2.75) is 45.3 Å². The van der Waals surface area contributed by atoms with Crippen LogP contribution < -0.4 is 10.6 Å². The number of nitrogens with zero attached hydrogens (tertiary/aromatic N) is 2.